The van der Waals surface area contributed by atoms with Gasteiger partial charge < -0.3 is 18.8 Å². The van der Waals surface area contributed by atoms with Crippen LogP contribution in [0.15, 0.2) is 27.8 Å². The number of carbonyl (C=O) groups excluding carboxylic acids is 1. The smallest absolute Gasteiger partial charge is 0.277 e. The highest BCUT2D eigenvalue weighted by molar-refractivity contribution is 7.99. The maximum atomic E-state index is 12.3. The summed E-state index contributed by atoms with van der Waals surface area (Å²) in [5.74, 6) is 2.76. The molecule has 7 nitrogen and oxygen atoms in total. The Morgan fingerprint density at radius 1 is 1.19 bits per heavy atom. The molecule has 0 spiro atoms. The average molecular weight is 377 g/mol. The molecular formula is C18H23N3O4S. The lowest BCUT2D eigenvalue weighted by Gasteiger charge is -2.30. The Morgan fingerprint density at radius 2 is 1.85 bits per heavy atom. The van der Waals surface area contributed by atoms with Crippen molar-refractivity contribution in [2.45, 2.75) is 25.0 Å². The molecule has 1 aromatic heterocycles. The summed E-state index contributed by atoms with van der Waals surface area (Å²) in [6, 6.07) is 5.36. The van der Waals surface area contributed by atoms with Gasteiger partial charge >= 0.3 is 0 Å². The Hall–Kier alpha value is -2.22. The highest BCUT2D eigenvalue weighted by Gasteiger charge is 2.21. The lowest BCUT2D eigenvalue weighted by Crippen LogP contribution is -2.38. The second-order valence-corrected chi connectivity index (χ2v) is 7.25. The van der Waals surface area contributed by atoms with Crippen molar-refractivity contribution in [3.63, 3.8) is 0 Å². The van der Waals surface area contributed by atoms with Gasteiger partial charge in [0.05, 0.1) is 20.0 Å². The highest BCUT2D eigenvalue weighted by Crippen LogP contribution is 2.30. The van der Waals surface area contributed by atoms with E-state index in [2.05, 4.69) is 17.1 Å². The minimum atomic E-state index is 0.115. The van der Waals surface area contributed by atoms with Crippen molar-refractivity contribution in [3.8, 4) is 23.0 Å². The van der Waals surface area contributed by atoms with Gasteiger partial charge in [0.1, 0.15) is 11.5 Å². The van der Waals surface area contributed by atoms with Gasteiger partial charge in [-0.25, -0.2) is 0 Å². The van der Waals surface area contributed by atoms with Gasteiger partial charge in [-0.2, -0.15) is 0 Å². The van der Waals surface area contributed by atoms with Gasteiger partial charge in [-0.3, -0.25) is 4.79 Å². The minimum absolute atomic E-state index is 0.115. The van der Waals surface area contributed by atoms with Crippen LogP contribution in [0.4, 0.5) is 0 Å². The largest absolute Gasteiger partial charge is 0.497 e. The number of nitrogens with zero attached hydrogens (tertiary/aromatic N) is 3. The fourth-order valence-corrected chi connectivity index (χ4v) is 3.45. The third-order valence-electron chi connectivity index (χ3n) is 4.46. The second-order valence-electron chi connectivity index (χ2n) is 6.33. The third kappa shape index (κ3) is 4.49. The van der Waals surface area contributed by atoms with Crippen molar-refractivity contribution in [1.29, 1.82) is 0 Å². The number of thioether (sulfide) groups is 1. The molecule has 2 aromatic rings. The molecule has 140 valence electrons. The molecule has 3 rings (SSSR count). The molecule has 1 aliphatic heterocycles. The summed E-state index contributed by atoms with van der Waals surface area (Å²) in [6.07, 6.45) is 2.14. The Labute approximate surface area is 157 Å². The minimum Gasteiger partial charge on any atom is -0.497 e. The molecule has 0 radical (unpaired) electrons. The van der Waals surface area contributed by atoms with Crippen LogP contribution in [-0.4, -0.2) is 54.1 Å². The van der Waals surface area contributed by atoms with E-state index in [0.29, 0.717) is 39.8 Å². The van der Waals surface area contributed by atoms with E-state index in [9.17, 15) is 4.79 Å². The summed E-state index contributed by atoms with van der Waals surface area (Å²) in [7, 11) is 3.17. The number of hydrogen-bond donors (Lipinski definition) is 0. The van der Waals surface area contributed by atoms with Gasteiger partial charge in [0.2, 0.25) is 11.8 Å². The van der Waals surface area contributed by atoms with Gasteiger partial charge in [-0.15, -0.1) is 10.2 Å². The first-order chi connectivity index (χ1) is 12.6. The molecule has 8 heteroatoms. The molecule has 26 heavy (non-hydrogen) atoms. The summed E-state index contributed by atoms with van der Waals surface area (Å²) in [5, 5.41) is 8.47. The number of rotatable bonds is 6. The normalized spacial score (nSPS) is 15.1. The van der Waals surface area contributed by atoms with E-state index in [1.54, 1.807) is 32.4 Å². The lowest BCUT2D eigenvalue weighted by molar-refractivity contribution is -0.129. The van der Waals surface area contributed by atoms with Crippen LogP contribution in [0.25, 0.3) is 11.5 Å². The quantitative estimate of drug-likeness (QED) is 0.716. The van der Waals surface area contributed by atoms with Crippen molar-refractivity contribution in [2.24, 2.45) is 5.92 Å². The Kier molecular flexibility index (Phi) is 6.03. The van der Waals surface area contributed by atoms with Gasteiger partial charge in [-0.05, 0) is 30.9 Å². The zero-order valence-electron chi connectivity index (χ0n) is 15.2. The van der Waals surface area contributed by atoms with Gasteiger partial charge in [0, 0.05) is 24.7 Å². The zero-order valence-corrected chi connectivity index (χ0v) is 16.0. The van der Waals surface area contributed by atoms with Crippen LogP contribution in [0.1, 0.15) is 19.8 Å². The molecule has 0 saturated carbocycles. The van der Waals surface area contributed by atoms with Crippen LogP contribution < -0.4 is 9.47 Å². The molecule has 1 aromatic carbocycles. The lowest BCUT2D eigenvalue weighted by atomic mass is 9.99. The van der Waals surface area contributed by atoms with Crippen LogP contribution in [0.3, 0.4) is 0 Å². The molecule has 2 heterocycles. The van der Waals surface area contributed by atoms with Crippen molar-refractivity contribution in [3.05, 3.63) is 18.2 Å². The fraction of sp³-hybridized carbons (Fsp3) is 0.500. The summed E-state index contributed by atoms with van der Waals surface area (Å²) in [6.45, 7) is 3.89. The van der Waals surface area contributed by atoms with Crippen molar-refractivity contribution in [2.75, 3.05) is 33.1 Å². The average Bonchev–Trinajstić information content (AvgIpc) is 3.15. The molecule has 1 aliphatic rings. The first kappa shape index (κ1) is 18.6. The molecule has 0 N–H and O–H groups in total. The van der Waals surface area contributed by atoms with Crippen molar-refractivity contribution >= 4 is 17.7 Å². The number of ether oxygens (including phenoxy) is 2. The Bertz CT molecular complexity index is 734. The van der Waals surface area contributed by atoms with Crippen molar-refractivity contribution in [1.82, 2.24) is 15.1 Å². The van der Waals surface area contributed by atoms with E-state index in [1.807, 2.05) is 4.90 Å². The third-order valence-corrected chi connectivity index (χ3v) is 5.26. The van der Waals surface area contributed by atoms with E-state index >= 15 is 0 Å². The Morgan fingerprint density at radius 3 is 2.46 bits per heavy atom. The molecule has 1 fully saturated rings. The topological polar surface area (TPSA) is 77.7 Å². The molecule has 1 amide bonds. The molecule has 0 bridgehead atoms. The summed E-state index contributed by atoms with van der Waals surface area (Å²) in [5.41, 5.74) is 0.705. The number of amides is 1. The van der Waals surface area contributed by atoms with E-state index in [1.165, 1.54) is 11.8 Å². The number of aromatic nitrogens is 2. The van der Waals surface area contributed by atoms with Crippen LogP contribution in [0.5, 0.6) is 11.5 Å². The summed E-state index contributed by atoms with van der Waals surface area (Å²) >= 11 is 1.26. The Balaban J connectivity index is 1.62. The van der Waals surface area contributed by atoms with E-state index in [-0.39, 0.29) is 5.91 Å². The van der Waals surface area contributed by atoms with E-state index in [4.69, 9.17) is 13.9 Å². The molecule has 1 saturated heterocycles. The summed E-state index contributed by atoms with van der Waals surface area (Å²) < 4.78 is 16.2. The van der Waals surface area contributed by atoms with Crippen LogP contribution >= 0.6 is 11.8 Å². The number of benzene rings is 1. The standard InChI is InChI=1S/C18H23N3O4S/c1-12-4-6-21(7-5-12)16(22)11-26-18-20-19-17(25-18)13-8-14(23-2)10-15(9-13)24-3/h8-10,12H,4-7,11H2,1-3H3. The zero-order chi connectivity index (χ0) is 18.5. The number of carbonyl (C=O) groups is 1. The van der Waals surface area contributed by atoms with Gasteiger partial charge in [-0.1, -0.05) is 18.7 Å². The predicted octanol–water partition coefficient (Wildman–Crippen LogP) is 3.10. The van der Waals surface area contributed by atoms with Gasteiger partial charge in [0.25, 0.3) is 5.22 Å². The number of likely N-dealkylation sites (tertiary alicyclic amines) is 1. The first-order valence-corrected chi connectivity index (χ1v) is 9.55. The number of piperidine rings is 1. The highest BCUT2D eigenvalue weighted by atomic mass is 32.2. The number of hydrogen-bond acceptors (Lipinski definition) is 7. The number of methoxy groups -OCH3 is 2. The first-order valence-electron chi connectivity index (χ1n) is 8.56. The SMILES string of the molecule is COc1cc(OC)cc(-c2nnc(SCC(=O)N3CCC(C)CC3)o2)c1. The maximum absolute atomic E-state index is 12.3. The molecule has 0 unspecified atom stereocenters. The van der Waals surface area contributed by atoms with Gasteiger partial charge in [0.15, 0.2) is 0 Å². The fourth-order valence-electron chi connectivity index (χ4n) is 2.79. The summed E-state index contributed by atoms with van der Waals surface area (Å²) in [4.78, 5) is 14.2. The molecule has 0 atom stereocenters. The van der Waals surface area contributed by atoms with E-state index < -0.39 is 0 Å². The molecule has 0 aliphatic carbocycles. The predicted molar refractivity (Wildman–Crippen MR) is 98.5 cm³/mol. The van der Waals surface area contributed by atoms with Crippen LogP contribution in [0.2, 0.25) is 0 Å². The second kappa shape index (κ2) is 8.44. The van der Waals surface area contributed by atoms with E-state index in [0.717, 1.165) is 25.9 Å². The monoisotopic (exact) mass is 377 g/mol. The van der Waals surface area contributed by atoms with Crippen molar-refractivity contribution < 1.29 is 18.7 Å². The van der Waals surface area contributed by atoms with Crippen LogP contribution in [-0.2, 0) is 4.79 Å². The van der Waals surface area contributed by atoms with Crippen LogP contribution in [0, 0.1) is 5.92 Å². The maximum Gasteiger partial charge on any atom is 0.277 e. The molecular weight excluding hydrogens is 354 g/mol.